The van der Waals surface area contributed by atoms with Gasteiger partial charge in [0.2, 0.25) is 0 Å². The van der Waals surface area contributed by atoms with Gasteiger partial charge < -0.3 is 5.73 Å². The van der Waals surface area contributed by atoms with Gasteiger partial charge in [0, 0.05) is 23.2 Å². The molecule has 1 heterocycles. The Hall–Kier alpha value is -0.410. The molecular formula is C8H14N2S. The third-order valence-electron chi connectivity index (χ3n) is 1.55. The summed E-state index contributed by atoms with van der Waals surface area (Å²) in [6.07, 6.45) is 1.87. The highest BCUT2D eigenvalue weighted by Crippen LogP contribution is 2.28. The van der Waals surface area contributed by atoms with Gasteiger partial charge in [-0.2, -0.15) is 0 Å². The molecule has 0 aliphatic carbocycles. The van der Waals surface area contributed by atoms with E-state index >= 15 is 0 Å². The minimum atomic E-state index is 0.190. The van der Waals surface area contributed by atoms with E-state index in [0.717, 1.165) is 0 Å². The minimum Gasteiger partial charge on any atom is -0.326 e. The van der Waals surface area contributed by atoms with Crippen LogP contribution in [-0.4, -0.2) is 4.37 Å². The lowest BCUT2D eigenvalue weighted by molar-refractivity contribution is 0.597. The second kappa shape index (κ2) is 2.91. The highest BCUT2D eigenvalue weighted by atomic mass is 32.1. The van der Waals surface area contributed by atoms with Gasteiger partial charge in [0.15, 0.2) is 0 Å². The molecule has 0 aliphatic rings. The maximum absolute atomic E-state index is 5.56. The fourth-order valence-electron chi connectivity index (χ4n) is 1.02. The van der Waals surface area contributed by atoms with E-state index in [-0.39, 0.29) is 5.41 Å². The number of rotatable bonds is 1. The standard InChI is InChI=1S/C8H14N2S/c1-8(2,3)7-6(4-9)5-10-11-7/h5H,4,9H2,1-3H3. The van der Waals surface area contributed by atoms with Crippen molar-refractivity contribution < 1.29 is 0 Å². The number of nitrogens with two attached hydrogens (primary N) is 1. The number of nitrogens with zero attached hydrogens (tertiary/aromatic N) is 1. The summed E-state index contributed by atoms with van der Waals surface area (Å²) in [6.45, 7) is 7.14. The van der Waals surface area contributed by atoms with Crippen LogP contribution in [0.25, 0.3) is 0 Å². The summed E-state index contributed by atoms with van der Waals surface area (Å²) < 4.78 is 4.12. The number of hydrogen-bond acceptors (Lipinski definition) is 3. The molecule has 0 aromatic carbocycles. The number of hydrogen-bond donors (Lipinski definition) is 1. The SMILES string of the molecule is CC(C)(C)c1sncc1CN. The molecule has 62 valence electrons. The van der Waals surface area contributed by atoms with E-state index in [1.54, 1.807) is 11.5 Å². The fraction of sp³-hybridized carbons (Fsp3) is 0.625. The molecule has 0 aliphatic heterocycles. The van der Waals surface area contributed by atoms with Crippen LogP contribution in [0.1, 0.15) is 31.2 Å². The molecular weight excluding hydrogens is 156 g/mol. The number of aromatic nitrogens is 1. The molecule has 0 saturated carbocycles. The Labute approximate surface area is 71.6 Å². The summed E-state index contributed by atoms with van der Waals surface area (Å²) >= 11 is 1.55. The quantitative estimate of drug-likeness (QED) is 0.699. The van der Waals surface area contributed by atoms with Crippen molar-refractivity contribution in [1.82, 2.24) is 4.37 Å². The second-order valence-electron chi connectivity index (χ2n) is 3.63. The van der Waals surface area contributed by atoms with Gasteiger partial charge in [-0.3, -0.25) is 0 Å². The van der Waals surface area contributed by atoms with Crippen molar-refractivity contribution in [2.24, 2.45) is 5.73 Å². The van der Waals surface area contributed by atoms with Crippen molar-refractivity contribution in [3.63, 3.8) is 0 Å². The Morgan fingerprint density at radius 3 is 2.55 bits per heavy atom. The average molecular weight is 170 g/mol. The predicted octanol–water partition coefficient (Wildman–Crippen LogP) is 1.90. The summed E-state index contributed by atoms with van der Waals surface area (Å²) in [5.41, 5.74) is 6.93. The minimum absolute atomic E-state index is 0.190. The zero-order valence-electron chi connectivity index (χ0n) is 7.22. The average Bonchev–Trinajstić information content (AvgIpc) is 2.31. The summed E-state index contributed by atoms with van der Waals surface area (Å²) in [7, 11) is 0. The van der Waals surface area contributed by atoms with E-state index in [2.05, 4.69) is 25.1 Å². The van der Waals surface area contributed by atoms with Crippen LogP contribution in [0.2, 0.25) is 0 Å². The summed E-state index contributed by atoms with van der Waals surface area (Å²) in [4.78, 5) is 1.31. The molecule has 0 bridgehead atoms. The first-order valence-corrected chi connectivity index (χ1v) is 4.47. The van der Waals surface area contributed by atoms with Gasteiger partial charge in [-0.05, 0) is 16.9 Å². The van der Waals surface area contributed by atoms with Gasteiger partial charge in [-0.25, -0.2) is 4.37 Å². The predicted molar refractivity (Wildman–Crippen MR) is 48.7 cm³/mol. The topological polar surface area (TPSA) is 38.9 Å². The van der Waals surface area contributed by atoms with E-state index in [0.29, 0.717) is 6.54 Å². The van der Waals surface area contributed by atoms with Gasteiger partial charge in [0.1, 0.15) is 0 Å². The smallest absolute Gasteiger partial charge is 0.0454 e. The molecule has 1 aromatic rings. The van der Waals surface area contributed by atoms with Gasteiger partial charge in [-0.15, -0.1) is 0 Å². The largest absolute Gasteiger partial charge is 0.326 e. The third-order valence-corrected chi connectivity index (χ3v) is 2.81. The fourth-order valence-corrected chi connectivity index (χ4v) is 1.84. The zero-order chi connectivity index (χ0) is 8.48. The first kappa shape index (κ1) is 8.68. The Kier molecular flexibility index (Phi) is 2.30. The summed E-state index contributed by atoms with van der Waals surface area (Å²) in [5, 5.41) is 0. The van der Waals surface area contributed by atoms with Crippen LogP contribution in [0, 0.1) is 0 Å². The van der Waals surface area contributed by atoms with E-state index < -0.39 is 0 Å². The van der Waals surface area contributed by atoms with Crippen molar-refractivity contribution in [2.75, 3.05) is 0 Å². The molecule has 2 nitrogen and oxygen atoms in total. The molecule has 3 heteroatoms. The summed E-state index contributed by atoms with van der Waals surface area (Å²) in [5.74, 6) is 0. The molecule has 1 rings (SSSR count). The molecule has 0 radical (unpaired) electrons. The molecule has 0 atom stereocenters. The molecule has 11 heavy (non-hydrogen) atoms. The lowest BCUT2D eigenvalue weighted by Gasteiger charge is -2.16. The van der Waals surface area contributed by atoms with E-state index in [1.165, 1.54) is 10.4 Å². The van der Waals surface area contributed by atoms with Crippen LogP contribution >= 0.6 is 11.5 Å². The lowest BCUT2D eigenvalue weighted by Crippen LogP contribution is -2.12. The Morgan fingerprint density at radius 2 is 2.18 bits per heavy atom. The van der Waals surface area contributed by atoms with Crippen LogP contribution in [-0.2, 0) is 12.0 Å². The van der Waals surface area contributed by atoms with Crippen LogP contribution in [0.3, 0.4) is 0 Å². The summed E-state index contributed by atoms with van der Waals surface area (Å²) in [6, 6.07) is 0. The Morgan fingerprint density at radius 1 is 1.55 bits per heavy atom. The van der Waals surface area contributed by atoms with Crippen molar-refractivity contribution in [1.29, 1.82) is 0 Å². The first-order chi connectivity index (χ1) is 5.05. The third kappa shape index (κ3) is 1.79. The molecule has 1 aromatic heterocycles. The van der Waals surface area contributed by atoms with Crippen molar-refractivity contribution in [2.45, 2.75) is 32.7 Å². The molecule has 0 amide bonds. The molecule has 0 saturated heterocycles. The molecule has 0 fully saturated rings. The van der Waals surface area contributed by atoms with Gasteiger partial charge in [0.25, 0.3) is 0 Å². The maximum Gasteiger partial charge on any atom is 0.0454 e. The highest BCUT2D eigenvalue weighted by Gasteiger charge is 2.19. The highest BCUT2D eigenvalue weighted by molar-refractivity contribution is 7.06. The maximum atomic E-state index is 5.56. The van der Waals surface area contributed by atoms with E-state index in [1.807, 2.05) is 6.20 Å². The van der Waals surface area contributed by atoms with Gasteiger partial charge in [-0.1, -0.05) is 20.8 Å². The first-order valence-electron chi connectivity index (χ1n) is 3.70. The van der Waals surface area contributed by atoms with Crippen LogP contribution in [0.15, 0.2) is 6.20 Å². The van der Waals surface area contributed by atoms with E-state index in [9.17, 15) is 0 Å². The zero-order valence-corrected chi connectivity index (χ0v) is 8.03. The Bertz CT molecular complexity index is 234. The lowest BCUT2D eigenvalue weighted by atomic mass is 9.92. The van der Waals surface area contributed by atoms with Crippen LogP contribution < -0.4 is 5.73 Å². The van der Waals surface area contributed by atoms with E-state index in [4.69, 9.17) is 5.73 Å². The van der Waals surface area contributed by atoms with Crippen LogP contribution in [0.5, 0.6) is 0 Å². The molecule has 2 N–H and O–H groups in total. The van der Waals surface area contributed by atoms with Crippen molar-refractivity contribution >= 4 is 11.5 Å². The molecule has 0 unspecified atom stereocenters. The van der Waals surface area contributed by atoms with Crippen molar-refractivity contribution in [3.8, 4) is 0 Å². The molecule has 0 spiro atoms. The Balaban J connectivity index is 3.02. The normalized spacial score (nSPS) is 12.0. The second-order valence-corrected chi connectivity index (χ2v) is 4.44. The van der Waals surface area contributed by atoms with Crippen LogP contribution in [0.4, 0.5) is 0 Å². The van der Waals surface area contributed by atoms with Gasteiger partial charge in [0.05, 0.1) is 0 Å². The van der Waals surface area contributed by atoms with Gasteiger partial charge >= 0.3 is 0 Å². The van der Waals surface area contributed by atoms with Crippen molar-refractivity contribution in [3.05, 3.63) is 16.6 Å². The monoisotopic (exact) mass is 170 g/mol.